The fraction of sp³-hybridized carbons (Fsp3) is 0.727. The zero-order valence-corrected chi connectivity index (χ0v) is 8.34. The predicted octanol–water partition coefficient (Wildman–Crippen LogP) is 2.34. The van der Waals surface area contributed by atoms with Gasteiger partial charge in [0.25, 0.3) is 0 Å². The Hall–Kier alpha value is -0.630. The summed E-state index contributed by atoms with van der Waals surface area (Å²) >= 11 is 0. The van der Waals surface area contributed by atoms with Gasteiger partial charge < -0.3 is 4.74 Å². The minimum Gasteiger partial charge on any atom is -0.381 e. The van der Waals surface area contributed by atoms with Gasteiger partial charge >= 0.3 is 0 Å². The first-order valence-corrected chi connectivity index (χ1v) is 4.95. The summed E-state index contributed by atoms with van der Waals surface area (Å²) in [7, 11) is 0. The van der Waals surface area contributed by atoms with E-state index in [1.54, 1.807) is 0 Å². The van der Waals surface area contributed by atoms with E-state index in [2.05, 4.69) is 6.58 Å². The Balaban J connectivity index is 2.25. The third-order valence-corrected chi connectivity index (χ3v) is 2.41. The Morgan fingerprint density at radius 2 is 2.31 bits per heavy atom. The first kappa shape index (κ1) is 10.5. The molecule has 1 fully saturated rings. The molecule has 0 N–H and O–H groups in total. The molecule has 1 heterocycles. The minimum atomic E-state index is 0.160. The molecule has 0 spiro atoms. The first-order valence-electron chi connectivity index (χ1n) is 4.95. The molecule has 1 saturated heterocycles. The Kier molecular flexibility index (Phi) is 4.16. The lowest BCUT2D eigenvalue weighted by molar-refractivity contribution is -0.126. The molecule has 0 aromatic carbocycles. The number of ether oxygens (including phenoxy) is 1. The summed E-state index contributed by atoms with van der Waals surface area (Å²) in [4.78, 5) is 11.6. The van der Waals surface area contributed by atoms with Crippen LogP contribution in [0.5, 0.6) is 0 Å². The Morgan fingerprint density at radius 3 is 2.85 bits per heavy atom. The molecule has 2 heteroatoms. The first-order chi connectivity index (χ1) is 6.20. The quantitative estimate of drug-likeness (QED) is 0.624. The monoisotopic (exact) mass is 182 g/mol. The van der Waals surface area contributed by atoms with E-state index in [-0.39, 0.29) is 5.92 Å². The number of hydrogen-bond acceptors (Lipinski definition) is 2. The van der Waals surface area contributed by atoms with Crippen LogP contribution >= 0.6 is 0 Å². The number of carbonyl (C=O) groups excluding carboxylic acids is 1. The standard InChI is InChI=1S/C11H18O2/c1-9(2)5-6-11(12)10-4-3-7-13-8-10/h10H,1,3-8H2,2H3. The summed E-state index contributed by atoms with van der Waals surface area (Å²) in [5.41, 5.74) is 1.09. The summed E-state index contributed by atoms with van der Waals surface area (Å²) in [5.74, 6) is 0.510. The van der Waals surface area contributed by atoms with E-state index in [1.807, 2.05) is 6.92 Å². The van der Waals surface area contributed by atoms with Crippen LogP contribution in [0.1, 0.15) is 32.6 Å². The number of carbonyl (C=O) groups is 1. The van der Waals surface area contributed by atoms with E-state index in [9.17, 15) is 4.79 Å². The summed E-state index contributed by atoms with van der Waals surface area (Å²) in [6.45, 7) is 7.21. The largest absolute Gasteiger partial charge is 0.381 e. The molecule has 1 rings (SSSR count). The SMILES string of the molecule is C=C(C)CCC(=O)C1CCCOC1. The molecule has 1 aliphatic rings. The van der Waals surface area contributed by atoms with Crippen LogP contribution in [-0.4, -0.2) is 19.0 Å². The fourth-order valence-electron chi connectivity index (χ4n) is 1.54. The maximum Gasteiger partial charge on any atom is 0.138 e. The maximum atomic E-state index is 11.6. The summed E-state index contributed by atoms with van der Waals surface area (Å²) < 4.78 is 5.27. The third kappa shape index (κ3) is 3.73. The van der Waals surface area contributed by atoms with E-state index >= 15 is 0 Å². The van der Waals surface area contributed by atoms with Gasteiger partial charge in [-0.25, -0.2) is 0 Å². The topological polar surface area (TPSA) is 26.3 Å². The number of hydrogen-bond donors (Lipinski definition) is 0. The summed E-state index contributed by atoms with van der Waals surface area (Å²) in [6.07, 6.45) is 3.51. The average molecular weight is 182 g/mol. The molecule has 0 aromatic rings. The van der Waals surface area contributed by atoms with Crippen LogP contribution in [0, 0.1) is 5.92 Å². The van der Waals surface area contributed by atoms with Gasteiger partial charge in [0.05, 0.1) is 6.61 Å². The molecule has 0 saturated carbocycles. The van der Waals surface area contributed by atoms with E-state index in [4.69, 9.17) is 4.74 Å². The van der Waals surface area contributed by atoms with Crippen molar-refractivity contribution in [3.8, 4) is 0 Å². The lowest BCUT2D eigenvalue weighted by Gasteiger charge is -2.20. The smallest absolute Gasteiger partial charge is 0.138 e. The number of ketones is 1. The highest BCUT2D eigenvalue weighted by Crippen LogP contribution is 2.17. The van der Waals surface area contributed by atoms with Gasteiger partial charge in [0, 0.05) is 18.9 Å². The van der Waals surface area contributed by atoms with Gasteiger partial charge in [0.1, 0.15) is 5.78 Å². The Morgan fingerprint density at radius 1 is 1.54 bits per heavy atom. The number of rotatable bonds is 4. The van der Waals surface area contributed by atoms with Crippen molar-refractivity contribution in [1.29, 1.82) is 0 Å². The van der Waals surface area contributed by atoms with Gasteiger partial charge in [-0.05, 0) is 26.2 Å². The van der Waals surface area contributed by atoms with Crippen molar-refractivity contribution in [2.45, 2.75) is 32.6 Å². The highest BCUT2D eigenvalue weighted by molar-refractivity contribution is 5.81. The summed E-state index contributed by atoms with van der Waals surface area (Å²) in [5, 5.41) is 0. The van der Waals surface area contributed by atoms with Gasteiger partial charge in [0.2, 0.25) is 0 Å². The second kappa shape index (κ2) is 5.18. The van der Waals surface area contributed by atoms with E-state index < -0.39 is 0 Å². The summed E-state index contributed by atoms with van der Waals surface area (Å²) in [6, 6.07) is 0. The van der Waals surface area contributed by atoms with Gasteiger partial charge in [-0.3, -0.25) is 4.79 Å². The van der Waals surface area contributed by atoms with Crippen LogP contribution in [0.4, 0.5) is 0 Å². The van der Waals surface area contributed by atoms with Crippen molar-refractivity contribution in [3.63, 3.8) is 0 Å². The lowest BCUT2D eigenvalue weighted by Crippen LogP contribution is -2.25. The maximum absolute atomic E-state index is 11.6. The van der Waals surface area contributed by atoms with Crippen LogP contribution in [0.25, 0.3) is 0 Å². The molecule has 13 heavy (non-hydrogen) atoms. The number of allylic oxidation sites excluding steroid dienone is 1. The van der Waals surface area contributed by atoms with E-state index in [0.29, 0.717) is 18.8 Å². The Labute approximate surface area is 80.0 Å². The molecule has 2 nitrogen and oxygen atoms in total. The molecular weight excluding hydrogens is 164 g/mol. The predicted molar refractivity (Wildman–Crippen MR) is 52.6 cm³/mol. The number of Topliss-reactive ketones (excluding diaryl/α,β-unsaturated/α-hetero) is 1. The van der Waals surface area contributed by atoms with Crippen molar-refractivity contribution < 1.29 is 9.53 Å². The van der Waals surface area contributed by atoms with Gasteiger partial charge in [0.15, 0.2) is 0 Å². The molecule has 1 aliphatic heterocycles. The van der Waals surface area contributed by atoms with Gasteiger partial charge in [-0.1, -0.05) is 5.57 Å². The van der Waals surface area contributed by atoms with E-state index in [0.717, 1.165) is 31.4 Å². The second-order valence-electron chi connectivity index (χ2n) is 3.84. The van der Waals surface area contributed by atoms with Gasteiger partial charge in [-0.15, -0.1) is 6.58 Å². The average Bonchev–Trinajstić information content (AvgIpc) is 2.15. The fourth-order valence-corrected chi connectivity index (χ4v) is 1.54. The van der Waals surface area contributed by atoms with E-state index in [1.165, 1.54) is 0 Å². The van der Waals surface area contributed by atoms with Crippen LogP contribution < -0.4 is 0 Å². The van der Waals surface area contributed by atoms with Crippen molar-refractivity contribution in [2.75, 3.05) is 13.2 Å². The third-order valence-electron chi connectivity index (χ3n) is 2.41. The molecule has 0 radical (unpaired) electrons. The molecule has 1 unspecified atom stereocenters. The molecular formula is C11H18O2. The van der Waals surface area contributed by atoms with Crippen molar-refractivity contribution in [3.05, 3.63) is 12.2 Å². The van der Waals surface area contributed by atoms with Crippen LogP contribution in [-0.2, 0) is 9.53 Å². The highest BCUT2D eigenvalue weighted by atomic mass is 16.5. The second-order valence-corrected chi connectivity index (χ2v) is 3.84. The van der Waals surface area contributed by atoms with Crippen LogP contribution in [0.15, 0.2) is 12.2 Å². The van der Waals surface area contributed by atoms with Crippen molar-refractivity contribution in [2.24, 2.45) is 5.92 Å². The van der Waals surface area contributed by atoms with Crippen LogP contribution in [0.2, 0.25) is 0 Å². The zero-order valence-electron chi connectivity index (χ0n) is 8.34. The molecule has 0 bridgehead atoms. The molecule has 0 aromatic heterocycles. The Bertz CT molecular complexity index is 190. The lowest BCUT2D eigenvalue weighted by atomic mass is 9.94. The van der Waals surface area contributed by atoms with Gasteiger partial charge in [-0.2, -0.15) is 0 Å². The van der Waals surface area contributed by atoms with Crippen molar-refractivity contribution >= 4 is 5.78 Å². The molecule has 0 amide bonds. The van der Waals surface area contributed by atoms with Crippen molar-refractivity contribution in [1.82, 2.24) is 0 Å². The highest BCUT2D eigenvalue weighted by Gasteiger charge is 2.20. The van der Waals surface area contributed by atoms with Crippen LogP contribution in [0.3, 0.4) is 0 Å². The zero-order chi connectivity index (χ0) is 9.68. The molecule has 0 aliphatic carbocycles. The molecule has 74 valence electrons. The minimum absolute atomic E-state index is 0.160. The normalized spacial score (nSPS) is 22.7. The molecule has 1 atom stereocenters.